The van der Waals surface area contributed by atoms with Crippen LogP contribution in [0.4, 0.5) is 0 Å². The normalized spacial score (nSPS) is 25.2. The van der Waals surface area contributed by atoms with Crippen molar-refractivity contribution in [2.45, 2.75) is 65.2 Å². The highest BCUT2D eigenvalue weighted by Gasteiger charge is 2.62. The summed E-state index contributed by atoms with van der Waals surface area (Å²) in [6.45, 7) is 15.3. The van der Waals surface area contributed by atoms with Gasteiger partial charge < -0.3 is 0 Å². The van der Waals surface area contributed by atoms with Crippen LogP contribution in [0, 0.1) is 0 Å². The van der Waals surface area contributed by atoms with E-state index in [0.717, 1.165) is 0 Å². The van der Waals surface area contributed by atoms with E-state index in [4.69, 9.17) is 0 Å². The minimum absolute atomic E-state index is 1.22. The van der Waals surface area contributed by atoms with Crippen LogP contribution in [0.15, 0.2) is 0 Å². The van der Waals surface area contributed by atoms with Gasteiger partial charge in [-0.05, 0) is 51.9 Å². The average molecular weight is 342 g/mol. The topological polar surface area (TPSA) is 13.0 Å². The molecule has 0 aromatic heterocycles. The lowest BCUT2D eigenvalue weighted by Crippen LogP contribution is -2.51. The van der Waals surface area contributed by atoms with Crippen molar-refractivity contribution in [2.75, 3.05) is 52.4 Å². The van der Waals surface area contributed by atoms with E-state index in [-0.39, 0.29) is 0 Å². The lowest BCUT2D eigenvalue weighted by molar-refractivity contribution is 0.283. The van der Waals surface area contributed by atoms with E-state index < -0.39 is 7.87 Å². The van der Waals surface area contributed by atoms with Gasteiger partial charge in [-0.3, -0.25) is 0 Å². The zero-order chi connectivity index (χ0) is 16.1. The number of rotatable bonds is 8. The molecule has 0 spiro atoms. The summed E-state index contributed by atoms with van der Waals surface area (Å²) in [6, 6.07) is 0. The second-order valence-electron chi connectivity index (χ2n) is 7.42. The van der Waals surface area contributed by atoms with Crippen molar-refractivity contribution in [2.24, 2.45) is 0 Å². The Kier molecular flexibility index (Phi) is 6.74. The first-order chi connectivity index (χ1) is 11.3. The van der Waals surface area contributed by atoms with E-state index in [9.17, 15) is 0 Å². The first kappa shape index (κ1) is 18.1. The van der Waals surface area contributed by atoms with Gasteiger partial charge in [0.05, 0.1) is 0 Å². The maximum Gasteiger partial charge on any atom is 0.308 e. The first-order valence-corrected chi connectivity index (χ1v) is 11.8. The van der Waals surface area contributed by atoms with Gasteiger partial charge >= 0.3 is 7.87 Å². The zero-order valence-electron chi connectivity index (χ0n) is 15.5. The summed E-state index contributed by atoms with van der Waals surface area (Å²) in [6.07, 6.45) is 11.1. The Morgan fingerprint density at radius 2 is 1.09 bits per heavy atom. The quantitative estimate of drug-likeness (QED) is 0.617. The van der Waals surface area contributed by atoms with Crippen LogP contribution < -0.4 is 0 Å². The molecule has 4 nitrogen and oxygen atoms in total. The third-order valence-corrected chi connectivity index (χ3v) is 10.6. The second-order valence-corrected chi connectivity index (χ2v) is 10.8. The van der Waals surface area contributed by atoms with Crippen molar-refractivity contribution in [3.8, 4) is 0 Å². The summed E-state index contributed by atoms with van der Waals surface area (Å²) in [5, 5.41) is 0. The molecule has 3 heterocycles. The number of hydrogen-bond acceptors (Lipinski definition) is 4. The molecule has 3 rings (SSSR count). The van der Waals surface area contributed by atoms with E-state index >= 15 is 0 Å². The summed E-state index contributed by atoms with van der Waals surface area (Å²) in [7, 11) is -1.45. The molecule has 0 N–H and O–H groups in total. The van der Waals surface area contributed by atoms with Gasteiger partial charge in [-0.1, -0.05) is 13.3 Å². The molecule has 0 atom stereocenters. The van der Waals surface area contributed by atoms with Crippen LogP contribution in [0.5, 0.6) is 0 Å². The Morgan fingerprint density at radius 1 is 0.696 bits per heavy atom. The lowest BCUT2D eigenvalue weighted by atomic mass is 10.3. The standard InChI is InChI=1S/C18H38N4P/c1-3-5-12-19(4-2)23(20-13-6-7-14-20,21-15-8-9-16-21)22-17-10-11-18-22/h3-18H2,1-2H3/q+1. The Bertz CT molecular complexity index is 306. The van der Waals surface area contributed by atoms with Crippen LogP contribution >= 0.6 is 7.87 Å². The predicted molar refractivity (Wildman–Crippen MR) is 101 cm³/mol. The fourth-order valence-electron chi connectivity index (χ4n) is 4.80. The molecule has 0 unspecified atom stereocenters. The Hall–Kier alpha value is 0.270. The molecule has 3 aliphatic heterocycles. The van der Waals surface area contributed by atoms with Gasteiger partial charge in [0.15, 0.2) is 0 Å². The van der Waals surface area contributed by atoms with Gasteiger partial charge in [0.25, 0.3) is 0 Å². The van der Waals surface area contributed by atoms with E-state index in [1.807, 2.05) is 0 Å². The molecule has 0 amide bonds. The smallest absolute Gasteiger partial charge is 0.133 e. The summed E-state index contributed by atoms with van der Waals surface area (Å²) >= 11 is 0. The van der Waals surface area contributed by atoms with Crippen LogP contribution in [-0.4, -0.2) is 71.0 Å². The van der Waals surface area contributed by atoms with Gasteiger partial charge in [-0.2, -0.15) is 0 Å². The molecule has 0 saturated carbocycles. The van der Waals surface area contributed by atoms with Crippen LogP contribution in [0.25, 0.3) is 0 Å². The molecule has 23 heavy (non-hydrogen) atoms. The van der Waals surface area contributed by atoms with Crippen LogP contribution in [0.2, 0.25) is 0 Å². The third-order valence-electron chi connectivity index (χ3n) is 5.90. The SMILES string of the molecule is CCCCN(CC)[P+](N1CCCC1)(N1CCCC1)N1CCCC1. The predicted octanol–water partition coefficient (Wildman–Crippen LogP) is 4.07. The summed E-state index contributed by atoms with van der Waals surface area (Å²) in [5.74, 6) is 0. The molecule has 0 radical (unpaired) electrons. The molecular weight excluding hydrogens is 303 g/mol. The molecule has 3 saturated heterocycles. The Morgan fingerprint density at radius 3 is 1.39 bits per heavy atom. The highest BCUT2D eigenvalue weighted by atomic mass is 31.2. The fourth-order valence-corrected chi connectivity index (χ4v) is 10.2. The summed E-state index contributed by atoms with van der Waals surface area (Å²) in [4.78, 5) is 0. The molecule has 0 aliphatic carbocycles. The average Bonchev–Trinajstić information content (AvgIpc) is 3.35. The fraction of sp³-hybridized carbons (Fsp3) is 1.00. The van der Waals surface area contributed by atoms with Crippen molar-refractivity contribution in [3.63, 3.8) is 0 Å². The third kappa shape index (κ3) is 3.48. The number of hydrogen-bond donors (Lipinski definition) is 0. The van der Waals surface area contributed by atoms with E-state index in [1.165, 1.54) is 104 Å². The van der Waals surface area contributed by atoms with Gasteiger partial charge in [0.1, 0.15) is 0 Å². The second kappa shape index (κ2) is 8.58. The van der Waals surface area contributed by atoms with Crippen molar-refractivity contribution in [1.82, 2.24) is 18.7 Å². The maximum absolute atomic E-state index is 2.96. The molecular formula is C18H38N4P+. The van der Waals surface area contributed by atoms with Crippen LogP contribution in [-0.2, 0) is 0 Å². The van der Waals surface area contributed by atoms with E-state index in [2.05, 4.69) is 32.5 Å². The molecule has 3 fully saturated rings. The van der Waals surface area contributed by atoms with E-state index in [1.54, 1.807) is 0 Å². The first-order valence-electron chi connectivity index (χ1n) is 10.2. The minimum Gasteiger partial charge on any atom is -0.133 e. The Balaban J connectivity index is 1.95. The monoisotopic (exact) mass is 341 g/mol. The van der Waals surface area contributed by atoms with Gasteiger partial charge in [0.2, 0.25) is 0 Å². The largest absolute Gasteiger partial charge is 0.308 e. The highest BCUT2D eigenvalue weighted by molar-refractivity contribution is 7.66. The van der Waals surface area contributed by atoms with Gasteiger partial charge in [-0.25, -0.2) is 0 Å². The molecule has 5 heteroatoms. The van der Waals surface area contributed by atoms with Crippen molar-refractivity contribution >= 4 is 7.87 Å². The highest BCUT2D eigenvalue weighted by Crippen LogP contribution is 2.72. The maximum atomic E-state index is 2.96. The van der Waals surface area contributed by atoms with Crippen molar-refractivity contribution in [3.05, 3.63) is 0 Å². The van der Waals surface area contributed by atoms with Gasteiger partial charge in [0, 0.05) is 52.4 Å². The van der Waals surface area contributed by atoms with E-state index in [0.29, 0.717) is 0 Å². The minimum atomic E-state index is -1.45. The lowest BCUT2D eigenvalue weighted by Gasteiger charge is -2.48. The molecule has 0 bridgehead atoms. The summed E-state index contributed by atoms with van der Waals surface area (Å²) in [5.41, 5.74) is 0. The number of unbranched alkanes of at least 4 members (excludes halogenated alkanes) is 1. The number of nitrogens with zero attached hydrogens (tertiary/aromatic N) is 4. The summed E-state index contributed by atoms with van der Waals surface area (Å²) < 4.78 is 11.8. The zero-order valence-corrected chi connectivity index (χ0v) is 16.4. The van der Waals surface area contributed by atoms with Crippen molar-refractivity contribution < 1.29 is 0 Å². The molecule has 3 aliphatic rings. The molecule has 0 aromatic carbocycles. The molecule has 134 valence electrons. The molecule has 0 aromatic rings. The van der Waals surface area contributed by atoms with Gasteiger partial charge in [-0.15, -0.1) is 18.7 Å². The van der Waals surface area contributed by atoms with Crippen LogP contribution in [0.3, 0.4) is 0 Å². The van der Waals surface area contributed by atoms with Crippen LogP contribution in [0.1, 0.15) is 65.2 Å². The Labute approximate surface area is 144 Å². The van der Waals surface area contributed by atoms with Crippen molar-refractivity contribution in [1.29, 1.82) is 0 Å².